The molecule has 4 rings (SSSR count). The summed E-state index contributed by atoms with van der Waals surface area (Å²) in [5, 5.41) is 2.74. The molecule has 150 valence electrons. The topological polar surface area (TPSA) is 76.6 Å². The first-order valence-corrected chi connectivity index (χ1v) is 10.6. The van der Waals surface area contributed by atoms with Crippen LogP contribution in [0.5, 0.6) is 0 Å². The van der Waals surface area contributed by atoms with Crippen LogP contribution in [0.15, 0.2) is 41.8 Å². The number of amides is 2. The molecule has 1 aliphatic heterocycles. The minimum atomic E-state index is -0.441. The van der Waals surface area contributed by atoms with Gasteiger partial charge >= 0.3 is 5.97 Å². The van der Waals surface area contributed by atoms with E-state index in [1.807, 2.05) is 48.7 Å². The zero-order chi connectivity index (χ0) is 20.4. The fraction of sp³-hybridized carbons (Fsp3) is 0.364. The maximum absolute atomic E-state index is 12.4. The third kappa shape index (κ3) is 4.15. The Morgan fingerprint density at radius 2 is 1.79 bits per heavy atom. The number of benzene rings is 1. The van der Waals surface area contributed by atoms with Gasteiger partial charge in [-0.1, -0.05) is 42.0 Å². The fourth-order valence-corrected chi connectivity index (χ4v) is 4.53. The van der Waals surface area contributed by atoms with Crippen molar-refractivity contribution in [2.24, 2.45) is 11.8 Å². The van der Waals surface area contributed by atoms with Crippen molar-refractivity contribution in [2.45, 2.75) is 32.8 Å². The van der Waals surface area contributed by atoms with Gasteiger partial charge < -0.3 is 4.74 Å². The van der Waals surface area contributed by atoms with Crippen LogP contribution in [-0.4, -0.2) is 34.2 Å². The molecule has 7 heteroatoms. The number of thiazole rings is 1. The van der Waals surface area contributed by atoms with Gasteiger partial charge in [-0.25, -0.2) is 4.98 Å². The molecule has 2 aromatic rings. The van der Waals surface area contributed by atoms with E-state index < -0.39 is 5.97 Å². The molecule has 1 aliphatic carbocycles. The lowest BCUT2D eigenvalue weighted by molar-refractivity contribution is -0.146. The number of allylic oxidation sites excluding steroid dienone is 2. The number of rotatable bonds is 6. The molecule has 29 heavy (non-hydrogen) atoms. The summed E-state index contributed by atoms with van der Waals surface area (Å²) in [5.41, 5.74) is 2.90. The summed E-state index contributed by atoms with van der Waals surface area (Å²) < 4.78 is 5.29. The number of carbonyl (C=O) groups is 3. The van der Waals surface area contributed by atoms with Gasteiger partial charge in [-0.2, -0.15) is 0 Å². The number of esters is 1. The molecular formula is C22H22N2O4S. The van der Waals surface area contributed by atoms with Crippen molar-refractivity contribution < 1.29 is 19.1 Å². The van der Waals surface area contributed by atoms with E-state index in [4.69, 9.17) is 4.74 Å². The molecule has 1 aromatic carbocycles. The average Bonchev–Trinajstić information content (AvgIpc) is 3.30. The number of hydrogen-bond donors (Lipinski definition) is 0. The van der Waals surface area contributed by atoms with Crippen molar-refractivity contribution in [3.05, 3.63) is 53.1 Å². The molecule has 2 amide bonds. The van der Waals surface area contributed by atoms with Gasteiger partial charge in [-0.05, 0) is 19.8 Å². The van der Waals surface area contributed by atoms with Gasteiger partial charge in [0.2, 0.25) is 11.8 Å². The van der Waals surface area contributed by atoms with E-state index in [-0.39, 0.29) is 43.2 Å². The number of aryl methyl sites for hydroxylation is 1. The quantitative estimate of drug-likeness (QED) is 0.414. The zero-order valence-electron chi connectivity index (χ0n) is 16.2. The van der Waals surface area contributed by atoms with Gasteiger partial charge in [0.15, 0.2) is 0 Å². The van der Waals surface area contributed by atoms with E-state index in [1.165, 1.54) is 21.8 Å². The van der Waals surface area contributed by atoms with E-state index in [2.05, 4.69) is 4.98 Å². The van der Waals surface area contributed by atoms with E-state index in [1.54, 1.807) is 0 Å². The van der Waals surface area contributed by atoms with Crippen LogP contribution in [0.4, 0.5) is 0 Å². The molecule has 0 saturated carbocycles. The fourth-order valence-electron chi connectivity index (χ4n) is 3.72. The second kappa shape index (κ2) is 8.29. The molecule has 2 atom stereocenters. The molecule has 1 fully saturated rings. The summed E-state index contributed by atoms with van der Waals surface area (Å²) in [7, 11) is 0. The van der Waals surface area contributed by atoms with Crippen molar-refractivity contribution >= 4 is 29.1 Å². The van der Waals surface area contributed by atoms with E-state index >= 15 is 0 Å². The SMILES string of the molecule is Cc1ccc(-c2nc(COC(=O)CCN3C(=O)[C@H]4CC=CC[C@H]4C3=O)cs2)cc1. The largest absolute Gasteiger partial charge is 0.459 e. The van der Waals surface area contributed by atoms with Crippen molar-refractivity contribution in [1.82, 2.24) is 9.88 Å². The van der Waals surface area contributed by atoms with Crippen LogP contribution in [-0.2, 0) is 25.7 Å². The van der Waals surface area contributed by atoms with Crippen LogP contribution >= 0.6 is 11.3 Å². The van der Waals surface area contributed by atoms with Crippen molar-refractivity contribution in [1.29, 1.82) is 0 Å². The predicted molar refractivity (Wildman–Crippen MR) is 109 cm³/mol. The first-order chi connectivity index (χ1) is 14.0. The highest BCUT2D eigenvalue weighted by Gasteiger charge is 2.46. The predicted octanol–water partition coefficient (Wildman–Crippen LogP) is 3.50. The maximum atomic E-state index is 12.4. The smallest absolute Gasteiger partial charge is 0.307 e. The number of ether oxygens (including phenoxy) is 1. The molecule has 0 N–H and O–H groups in total. The van der Waals surface area contributed by atoms with Gasteiger partial charge in [-0.15, -0.1) is 11.3 Å². The molecule has 1 saturated heterocycles. The molecule has 0 radical (unpaired) electrons. The summed E-state index contributed by atoms with van der Waals surface area (Å²) in [5.74, 6) is -1.31. The molecule has 2 aliphatic rings. The van der Waals surface area contributed by atoms with Gasteiger partial charge in [0.25, 0.3) is 0 Å². The van der Waals surface area contributed by atoms with Crippen LogP contribution in [0.25, 0.3) is 10.6 Å². The Kier molecular flexibility index (Phi) is 5.58. The van der Waals surface area contributed by atoms with Crippen LogP contribution < -0.4 is 0 Å². The van der Waals surface area contributed by atoms with E-state index in [0.717, 1.165) is 10.6 Å². The summed E-state index contributed by atoms with van der Waals surface area (Å²) in [4.78, 5) is 42.7. The minimum absolute atomic E-state index is 0.000690. The van der Waals surface area contributed by atoms with Crippen molar-refractivity contribution in [3.8, 4) is 10.6 Å². The first-order valence-electron chi connectivity index (χ1n) is 9.70. The molecule has 1 aromatic heterocycles. The van der Waals surface area contributed by atoms with E-state index in [0.29, 0.717) is 18.5 Å². The Balaban J connectivity index is 1.27. The van der Waals surface area contributed by atoms with Gasteiger partial charge in [0, 0.05) is 17.5 Å². The Hall–Kier alpha value is -2.80. The van der Waals surface area contributed by atoms with Gasteiger partial charge in [0.05, 0.1) is 24.0 Å². The van der Waals surface area contributed by atoms with Crippen LogP contribution in [0, 0.1) is 18.8 Å². The summed E-state index contributed by atoms with van der Waals surface area (Å²) in [6.45, 7) is 2.19. The van der Waals surface area contributed by atoms with Crippen LogP contribution in [0.2, 0.25) is 0 Å². The molecule has 0 bridgehead atoms. The third-order valence-electron chi connectivity index (χ3n) is 5.37. The standard InChI is InChI=1S/C22H22N2O4S/c1-14-6-8-15(9-7-14)20-23-16(13-29-20)12-28-19(25)10-11-24-21(26)17-4-2-3-5-18(17)22(24)27/h2-3,6-9,13,17-18H,4-5,10-12H2,1H3/t17-,18+. The summed E-state index contributed by atoms with van der Waals surface area (Å²) in [6.07, 6.45) is 5.09. The third-order valence-corrected chi connectivity index (χ3v) is 6.31. The lowest BCUT2D eigenvalue weighted by Gasteiger charge is -2.14. The number of nitrogens with zero attached hydrogens (tertiary/aromatic N) is 2. The molecule has 6 nitrogen and oxygen atoms in total. The number of hydrogen-bond acceptors (Lipinski definition) is 6. The average molecular weight is 410 g/mol. The highest BCUT2D eigenvalue weighted by Crippen LogP contribution is 2.35. The maximum Gasteiger partial charge on any atom is 0.307 e. The van der Waals surface area contributed by atoms with Crippen molar-refractivity contribution in [2.75, 3.05) is 6.54 Å². The summed E-state index contributed by atoms with van der Waals surface area (Å²) in [6, 6.07) is 8.09. The van der Waals surface area contributed by atoms with Crippen molar-refractivity contribution in [3.63, 3.8) is 0 Å². The Bertz CT molecular complexity index is 937. The number of fused-ring (bicyclic) bond motifs is 1. The Morgan fingerprint density at radius 1 is 1.14 bits per heavy atom. The second-order valence-electron chi connectivity index (χ2n) is 7.40. The lowest BCUT2D eigenvalue weighted by Crippen LogP contribution is -2.33. The number of likely N-dealkylation sites (tertiary alicyclic amines) is 1. The number of aromatic nitrogens is 1. The highest BCUT2D eigenvalue weighted by molar-refractivity contribution is 7.13. The zero-order valence-corrected chi connectivity index (χ0v) is 17.0. The molecule has 2 heterocycles. The highest BCUT2D eigenvalue weighted by atomic mass is 32.1. The Morgan fingerprint density at radius 3 is 2.45 bits per heavy atom. The van der Waals surface area contributed by atoms with Gasteiger partial charge in [0.1, 0.15) is 11.6 Å². The second-order valence-corrected chi connectivity index (χ2v) is 8.26. The minimum Gasteiger partial charge on any atom is -0.459 e. The normalized spacial score (nSPS) is 20.8. The summed E-state index contributed by atoms with van der Waals surface area (Å²) >= 11 is 1.50. The van der Waals surface area contributed by atoms with Crippen LogP contribution in [0.3, 0.4) is 0 Å². The first kappa shape index (κ1) is 19.5. The molecule has 0 unspecified atom stereocenters. The number of imide groups is 1. The molecular weight excluding hydrogens is 388 g/mol. The Labute approximate surface area is 173 Å². The lowest BCUT2D eigenvalue weighted by atomic mass is 9.85. The van der Waals surface area contributed by atoms with Gasteiger partial charge in [-0.3, -0.25) is 19.3 Å². The molecule has 0 spiro atoms. The van der Waals surface area contributed by atoms with E-state index in [9.17, 15) is 14.4 Å². The van der Waals surface area contributed by atoms with Crippen LogP contribution in [0.1, 0.15) is 30.5 Å². The number of carbonyl (C=O) groups excluding carboxylic acids is 3. The monoisotopic (exact) mass is 410 g/mol.